The number of phenolic OH excluding ortho intramolecular Hbond substituents is 1. The number of benzene rings is 3. The van der Waals surface area contributed by atoms with E-state index < -0.39 is 23.6 Å². The normalized spacial score (nSPS) is 14.7. The van der Waals surface area contributed by atoms with Crippen molar-refractivity contribution in [3.63, 3.8) is 0 Å². The van der Waals surface area contributed by atoms with E-state index in [0.717, 1.165) is 27.4 Å². The number of methoxy groups -OCH3 is 2. The number of nitrogens with one attached hydrogen (secondary N) is 1. The van der Waals surface area contributed by atoms with Gasteiger partial charge in [0.15, 0.2) is 11.5 Å². The quantitative estimate of drug-likeness (QED) is 0.526. The molecule has 0 bridgehead atoms. The maximum atomic E-state index is 12.8. The van der Waals surface area contributed by atoms with Gasteiger partial charge < -0.3 is 19.9 Å². The first kappa shape index (κ1) is 22.2. The molecule has 33 heavy (non-hydrogen) atoms. The molecule has 0 aromatic heterocycles. The standard InChI is InChI=1S/C24H20N2O6S/c1-31-18-10-14(11-19(32-2)22(18)28)12-20-23(29)26(24(30)33-20)13-21(27)25-17-9-5-7-15-6-3-4-8-16(15)17/h3-12,28H,13H2,1-2H3,(H,25,27)/b20-12+. The van der Waals surface area contributed by atoms with E-state index in [-0.39, 0.29) is 22.2 Å². The fourth-order valence-electron chi connectivity index (χ4n) is 3.45. The van der Waals surface area contributed by atoms with Gasteiger partial charge in [-0.15, -0.1) is 0 Å². The van der Waals surface area contributed by atoms with E-state index in [2.05, 4.69) is 5.32 Å². The van der Waals surface area contributed by atoms with Crippen molar-refractivity contribution in [3.05, 3.63) is 65.1 Å². The molecule has 1 fully saturated rings. The van der Waals surface area contributed by atoms with E-state index >= 15 is 0 Å². The van der Waals surface area contributed by atoms with Crippen LogP contribution in [0.5, 0.6) is 17.2 Å². The molecule has 1 aliphatic heterocycles. The molecule has 0 spiro atoms. The number of thioether (sulfide) groups is 1. The number of ether oxygens (including phenoxy) is 2. The summed E-state index contributed by atoms with van der Waals surface area (Å²) in [7, 11) is 2.78. The zero-order valence-electron chi connectivity index (χ0n) is 17.8. The number of nitrogens with zero attached hydrogens (tertiary/aromatic N) is 1. The number of aromatic hydroxyl groups is 1. The lowest BCUT2D eigenvalue weighted by atomic mass is 10.1. The van der Waals surface area contributed by atoms with Gasteiger partial charge in [-0.05, 0) is 47.0 Å². The van der Waals surface area contributed by atoms with Crippen LogP contribution in [-0.4, -0.2) is 47.8 Å². The first-order valence-corrected chi connectivity index (χ1v) is 10.7. The molecule has 1 heterocycles. The minimum atomic E-state index is -0.580. The number of carbonyl (C=O) groups excluding carboxylic acids is 3. The molecule has 0 aliphatic carbocycles. The van der Waals surface area contributed by atoms with Crippen molar-refractivity contribution >= 4 is 51.4 Å². The number of imide groups is 1. The molecule has 9 heteroatoms. The summed E-state index contributed by atoms with van der Waals surface area (Å²) in [5.41, 5.74) is 1.09. The lowest BCUT2D eigenvalue weighted by molar-refractivity contribution is -0.127. The smallest absolute Gasteiger partial charge is 0.294 e. The minimum absolute atomic E-state index is 0.146. The van der Waals surface area contributed by atoms with E-state index in [0.29, 0.717) is 11.3 Å². The van der Waals surface area contributed by atoms with Crippen LogP contribution in [0.15, 0.2) is 59.5 Å². The SMILES string of the molecule is COc1cc(/C=C2/SC(=O)N(CC(=O)Nc3cccc4ccccc34)C2=O)cc(OC)c1O. The van der Waals surface area contributed by atoms with Crippen molar-refractivity contribution in [1.29, 1.82) is 0 Å². The van der Waals surface area contributed by atoms with Crippen LogP contribution in [0.3, 0.4) is 0 Å². The van der Waals surface area contributed by atoms with E-state index in [1.807, 2.05) is 36.4 Å². The van der Waals surface area contributed by atoms with Gasteiger partial charge in [0.1, 0.15) is 6.54 Å². The van der Waals surface area contributed by atoms with Gasteiger partial charge in [0.2, 0.25) is 11.7 Å². The number of rotatable bonds is 6. The maximum Gasteiger partial charge on any atom is 0.294 e. The molecule has 0 radical (unpaired) electrons. The van der Waals surface area contributed by atoms with Crippen LogP contribution in [-0.2, 0) is 9.59 Å². The van der Waals surface area contributed by atoms with Crippen molar-refractivity contribution in [2.24, 2.45) is 0 Å². The zero-order chi connectivity index (χ0) is 23.5. The Kier molecular flexibility index (Phi) is 6.23. The Morgan fingerprint density at radius 2 is 1.73 bits per heavy atom. The molecule has 0 atom stereocenters. The molecule has 3 aromatic rings. The second-order valence-corrected chi connectivity index (χ2v) is 8.11. The third-order valence-corrected chi connectivity index (χ3v) is 5.95. The molecule has 3 amide bonds. The van der Waals surface area contributed by atoms with Gasteiger partial charge in [-0.3, -0.25) is 19.3 Å². The Bertz CT molecular complexity index is 1270. The van der Waals surface area contributed by atoms with Gasteiger partial charge in [-0.1, -0.05) is 36.4 Å². The molecule has 8 nitrogen and oxygen atoms in total. The highest BCUT2D eigenvalue weighted by molar-refractivity contribution is 8.18. The van der Waals surface area contributed by atoms with Crippen LogP contribution < -0.4 is 14.8 Å². The highest BCUT2D eigenvalue weighted by atomic mass is 32.2. The van der Waals surface area contributed by atoms with E-state index in [1.165, 1.54) is 32.4 Å². The summed E-state index contributed by atoms with van der Waals surface area (Å²) in [5, 5.41) is 14.1. The Balaban J connectivity index is 1.52. The first-order chi connectivity index (χ1) is 15.9. The molecule has 2 N–H and O–H groups in total. The van der Waals surface area contributed by atoms with Gasteiger partial charge in [0, 0.05) is 11.1 Å². The third-order valence-electron chi connectivity index (χ3n) is 5.04. The topological polar surface area (TPSA) is 105 Å². The molecular formula is C24H20N2O6S. The minimum Gasteiger partial charge on any atom is -0.502 e. The number of carbonyl (C=O) groups is 3. The summed E-state index contributed by atoms with van der Waals surface area (Å²) in [4.78, 5) is 38.9. The van der Waals surface area contributed by atoms with Crippen LogP contribution in [0.25, 0.3) is 16.8 Å². The largest absolute Gasteiger partial charge is 0.502 e. The van der Waals surface area contributed by atoms with Crippen molar-refractivity contribution < 1.29 is 29.0 Å². The highest BCUT2D eigenvalue weighted by Gasteiger charge is 2.36. The Morgan fingerprint density at radius 3 is 2.42 bits per heavy atom. The fraction of sp³-hybridized carbons (Fsp3) is 0.125. The molecule has 168 valence electrons. The molecule has 4 rings (SSSR count). The lowest BCUT2D eigenvalue weighted by Gasteiger charge is -2.13. The summed E-state index contributed by atoms with van der Waals surface area (Å²) in [6, 6.07) is 16.1. The first-order valence-electron chi connectivity index (χ1n) is 9.89. The maximum absolute atomic E-state index is 12.8. The predicted octanol–water partition coefficient (Wildman–Crippen LogP) is 4.24. The summed E-state index contributed by atoms with van der Waals surface area (Å²) >= 11 is 0.733. The van der Waals surface area contributed by atoms with E-state index in [1.54, 1.807) is 6.07 Å². The molecular weight excluding hydrogens is 444 g/mol. The Hall–Kier alpha value is -3.98. The molecule has 0 saturated carbocycles. The van der Waals surface area contributed by atoms with Gasteiger partial charge in [-0.25, -0.2) is 0 Å². The summed E-state index contributed by atoms with van der Waals surface area (Å²) in [5.74, 6) is -0.911. The Labute approximate surface area is 193 Å². The second kappa shape index (κ2) is 9.25. The number of hydrogen-bond acceptors (Lipinski definition) is 7. The third kappa shape index (κ3) is 4.49. The highest BCUT2D eigenvalue weighted by Crippen LogP contribution is 2.39. The van der Waals surface area contributed by atoms with E-state index in [9.17, 15) is 19.5 Å². The monoisotopic (exact) mass is 464 g/mol. The number of phenols is 1. The van der Waals surface area contributed by atoms with Crippen LogP contribution in [0, 0.1) is 0 Å². The number of fused-ring (bicyclic) bond motifs is 1. The molecule has 0 unspecified atom stereocenters. The molecule has 1 aliphatic rings. The van der Waals surface area contributed by atoms with Crippen LogP contribution in [0.4, 0.5) is 10.5 Å². The van der Waals surface area contributed by atoms with Gasteiger partial charge in [0.25, 0.3) is 11.1 Å². The summed E-state index contributed by atoms with van der Waals surface area (Å²) in [6.07, 6.45) is 1.48. The Morgan fingerprint density at radius 1 is 1.06 bits per heavy atom. The van der Waals surface area contributed by atoms with Gasteiger partial charge in [-0.2, -0.15) is 0 Å². The number of anilines is 1. The second-order valence-electron chi connectivity index (χ2n) is 7.12. The fourth-order valence-corrected chi connectivity index (χ4v) is 4.29. The van der Waals surface area contributed by atoms with Crippen molar-refractivity contribution in [3.8, 4) is 17.2 Å². The van der Waals surface area contributed by atoms with Crippen LogP contribution >= 0.6 is 11.8 Å². The average molecular weight is 464 g/mol. The van der Waals surface area contributed by atoms with Crippen molar-refractivity contribution in [2.75, 3.05) is 26.1 Å². The van der Waals surface area contributed by atoms with Crippen molar-refractivity contribution in [1.82, 2.24) is 4.90 Å². The summed E-state index contributed by atoms with van der Waals surface area (Å²) < 4.78 is 10.2. The van der Waals surface area contributed by atoms with E-state index in [4.69, 9.17) is 9.47 Å². The number of amides is 3. The van der Waals surface area contributed by atoms with Gasteiger partial charge >= 0.3 is 0 Å². The van der Waals surface area contributed by atoms with Crippen LogP contribution in [0.1, 0.15) is 5.56 Å². The van der Waals surface area contributed by atoms with Crippen LogP contribution in [0.2, 0.25) is 0 Å². The predicted molar refractivity (Wildman–Crippen MR) is 126 cm³/mol. The zero-order valence-corrected chi connectivity index (χ0v) is 18.6. The number of hydrogen-bond donors (Lipinski definition) is 2. The van der Waals surface area contributed by atoms with Crippen molar-refractivity contribution in [2.45, 2.75) is 0 Å². The average Bonchev–Trinajstić information content (AvgIpc) is 3.07. The van der Waals surface area contributed by atoms with Gasteiger partial charge in [0.05, 0.1) is 19.1 Å². The molecule has 1 saturated heterocycles. The summed E-state index contributed by atoms with van der Waals surface area (Å²) in [6.45, 7) is -0.409. The molecule has 3 aromatic carbocycles. The lowest BCUT2D eigenvalue weighted by Crippen LogP contribution is -2.36.